The highest BCUT2D eigenvalue weighted by Crippen LogP contribution is 2.37. The first-order valence-corrected chi connectivity index (χ1v) is 11.4. The average Bonchev–Trinajstić information content (AvgIpc) is 3.43. The van der Waals surface area contributed by atoms with Crippen LogP contribution in [0.2, 0.25) is 0 Å². The molecule has 1 aromatic heterocycles. The van der Waals surface area contributed by atoms with Crippen molar-refractivity contribution < 1.29 is 23.7 Å². The second kappa shape index (κ2) is 9.11. The number of furan rings is 1. The molecule has 4 aromatic rings. The Morgan fingerprint density at radius 2 is 1.83 bits per heavy atom. The van der Waals surface area contributed by atoms with Gasteiger partial charge in [0.05, 0.1) is 35.1 Å². The normalized spacial score (nSPS) is 14.8. The fourth-order valence-corrected chi connectivity index (χ4v) is 4.68. The van der Waals surface area contributed by atoms with Crippen LogP contribution in [0, 0.1) is 10.1 Å². The van der Waals surface area contributed by atoms with Crippen molar-refractivity contribution in [2.24, 2.45) is 0 Å². The van der Waals surface area contributed by atoms with E-state index in [9.17, 15) is 19.7 Å². The molecule has 9 heteroatoms. The lowest BCUT2D eigenvalue weighted by Gasteiger charge is -2.13. The van der Waals surface area contributed by atoms with E-state index in [-0.39, 0.29) is 33.7 Å². The highest BCUT2D eigenvalue weighted by Gasteiger charge is 2.35. The number of thioether (sulfide) groups is 1. The number of nitro benzene ring substituents is 1. The van der Waals surface area contributed by atoms with E-state index in [0.29, 0.717) is 11.5 Å². The Bertz CT molecular complexity index is 1520. The number of nitrogens with zero attached hydrogens (tertiary/aromatic N) is 2. The number of ether oxygens (including phenoxy) is 1. The minimum absolute atomic E-state index is 0.161. The number of carbonyl (C=O) groups excluding carboxylic acids is 2. The molecule has 35 heavy (non-hydrogen) atoms. The molecule has 0 N–H and O–H groups in total. The van der Waals surface area contributed by atoms with Crippen molar-refractivity contribution in [2.75, 3.05) is 7.11 Å². The topological polar surface area (TPSA) is 103 Å². The van der Waals surface area contributed by atoms with Crippen LogP contribution in [-0.2, 0) is 11.3 Å². The minimum atomic E-state index is -0.516. The van der Waals surface area contributed by atoms with Crippen molar-refractivity contribution in [1.82, 2.24) is 4.90 Å². The third-order valence-electron chi connectivity index (χ3n) is 5.60. The number of hydrogen-bond acceptors (Lipinski definition) is 7. The first-order valence-electron chi connectivity index (χ1n) is 10.6. The molecule has 0 radical (unpaired) electrons. The molecule has 5 rings (SSSR count). The SMILES string of the molecule is COc1ccc(-c2ccc(/C=C3/SC(=O)N(Cc4ccc5ccccc5c4)C3=O)o2)c([N+](=O)[O-])c1. The summed E-state index contributed by atoms with van der Waals surface area (Å²) in [6.45, 7) is 0.161. The van der Waals surface area contributed by atoms with Crippen LogP contribution in [-0.4, -0.2) is 28.1 Å². The molecule has 2 heterocycles. The molecular formula is C26H18N2O6S. The molecule has 1 fully saturated rings. The summed E-state index contributed by atoms with van der Waals surface area (Å²) in [6.07, 6.45) is 1.48. The van der Waals surface area contributed by atoms with Crippen LogP contribution in [0.5, 0.6) is 5.75 Å². The van der Waals surface area contributed by atoms with Crippen LogP contribution in [0.1, 0.15) is 11.3 Å². The van der Waals surface area contributed by atoms with Gasteiger partial charge in [0.25, 0.3) is 16.8 Å². The number of rotatable bonds is 6. The van der Waals surface area contributed by atoms with Crippen molar-refractivity contribution in [1.29, 1.82) is 0 Å². The minimum Gasteiger partial charge on any atom is -0.497 e. The zero-order valence-corrected chi connectivity index (χ0v) is 19.3. The molecule has 1 aliphatic heterocycles. The molecule has 1 aliphatic rings. The fourth-order valence-electron chi connectivity index (χ4n) is 3.86. The third-order valence-corrected chi connectivity index (χ3v) is 6.50. The average molecular weight is 487 g/mol. The van der Waals surface area contributed by atoms with Gasteiger partial charge in [0.15, 0.2) is 0 Å². The fraction of sp³-hybridized carbons (Fsp3) is 0.0769. The molecule has 0 unspecified atom stereocenters. The highest BCUT2D eigenvalue weighted by molar-refractivity contribution is 8.18. The van der Waals surface area contributed by atoms with Crippen LogP contribution in [0.4, 0.5) is 10.5 Å². The lowest BCUT2D eigenvalue weighted by Crippen LogP contribution is -2.27. The van der Waals surface area contributed by atoms with Crippen LogP contribution < -0.4 is 4.74 Å². The number of amides is 2. The first-order chi connectivity index (χ1) is 16.9. The zero-order valence-electron chi connectivity index (χ0n) is 18.5. The number of nitro groups is 1. The Hall–Kier alpha value is -4.37. The van der Waals surface area contributed by atoms with Gasteiger partial charge in [-0.3, -0.25) is 24.6 Å². The molecule has 0 atom stereocenters. The summed E-state index contributed by atoms with van der Waals surface area (Å²) in [6, 6.07) is 21.3. The molecular weight excluding hydrogens is 468 g/mol. The quantitative estimate of drug-likeness (QED) is 0.180. The third kappa shape index (κ3) is 4.41. The van der Waals surface area contributed by atoms with Gasteiger partial charge < -0.3 is 9.15 Å². The molecule has 1 saturated heterocycles. The lowest BCUT2D eigenvalue weighted by atomic mass is 10.1. The lowest BCUT2D eigenvalue weighted by molar-refractivity contribution is -0.384. The van der Waals surface area contributed by atoms with Crippen LogP contribution in [0.3, 0.4) is 0 Å². The van der Waals surface area contributed by atoms with Gasteiger partial charge in [0, 0.05) is 6.08 Å². The van der Waals surface area contributed by atoms with E-state index in [0.717, 1.165) is 28.1 Å². The maximum absolute atomic E-state index is 13.0. The number of fused-ring (bicyclic) bond motifs is 1. The number of benzene rings is 3. The van der Waals surface area contributed by atoms with Gasteiger partial charge in [-0.15, -0.1) is 0 Å². The summed E-state index contributed by atoms with van der Waals surface area (Å²) < 4.78 is 10.8. The molecule has 174 valence electrons. The van der Waals surface area contributed by atoms with Crippen molar-refractivity contribution in [2.45, 2.75) is 6.54 Å². The Labute approximate surface area is 203 Å². The number of imide groups is 1. The van der Waals surface area contributed by atoms with E-state index in [4.69, 9.17) is 9.15 Å². The molecule has 3 aromatic carbocycles. The standard InChI is InChI=1S/C26H18N2O6S/c1-33-19-8-10-21(22(13-19)28(31)32)23-11-9-20(34-23)14-24-25(29)27(26(30)35-24)15-16-6-7-17-4-2-3-5-18(17)12-16/h2-14H,15H2,1H3/b24-14+. The molecule has 2 amide bonds. The predicted octanol–water partition coefficient (Wildman–Crippen LogP) is 6.25. The molecule has 8 nitrogen and oxygen atoms in total. The highest BCUT2D eigenvalue weighted by atomic mass is 32.2. The van der Waals surface area contributed by atoms with Gasteiger partial charge in [-0.2, -0.15) is 0 Å². The molecule has 0 bridgehead atoms. The van der Waals surface area contributed by atoms with E-state index in [2.05, 4.69) is 0 Å². The summed E-state index contributed by atoms with van der Waals surface area (Å²) >= 11 is 0.831. The smallest absolute Gasteiger partial charge is 0.293 e. The van der Waals surface area contributed by atoms with Crippen molar-refractivity contribution in [3.8, 4) is 17.1 Å². The monoisotopic (exact) mass is 486 g/mol. The van der Waals surface area contributed by atoms with Gasteiger partial charge in [-0.25, -0.2) is 0 Å². The second-order valence-electron chi connectivity index (χ2n) is 7.79. The Balaban J connectivity index is 1.38. The Kier molecular flexibility index (Phi) is 5.84. The zero-order chi connectivity index (χ0) is 24.5. The van der Waals surface area contributed by atoms with Crippen molar-refractivity contribution in [3.63, 3.8) is 0 Å². The first kappa shape index (κ1) is 22.4. The molecule has 0 aliphatic carbocycles. The molecule has 0 spiro atoms. The number of methoxy groups -OCH3 is 1. The number of hydrogen-bond donors (Lipinski definition) is 0. The van der Waals surface area contributed by atoms with Gasteiger partial charge >= 0.3 is 0 Å². The molecule has 0 saturated carbocycles. The maximum Gasteiger partial charge on any atom is 0.293 e. The summed E-state index contributed by atoms with van der Waals surface area (Å²) in [4.78, 5) is 37.9. The Morgan fingerprint density at radius 1 is 1.03 bits per heavy atom. The van der Waals surface area contributed by atoms with Gasteiger partial charge in [-0.05, 0) is 58.4 Å². The van der Waals surface area contributed by atoms with E-state index in [1.54, 1.807) is 18.2 Å². The maximum atomic E-state index is 13.0. The van der Waals surface area contributed by atoms with Crippen LogP contribution in [0.25, 0.3) is 28.2 Å². The van der Waals surface area contributed by atoms with E-state index >= 15 is 0 Å². The van der Waals surface area contributed by atoms with E-state index in [1.165, 1.54) is 30.2 Å². The van der Waals surface area contributed by atoms with Gasteiger partial charge in [-0.1, -0.05) is 36.4 Å². The largest absolute Gasteiger partial charge is 0.497 e. The van der Waals surface area contributed by atoms with Crippen molar-refractivity contribution in [3.05, 3.63) is 99.1 Å². The van der Waals surface area contributed by atoms with Crippen molar-refractivity contribution >= 4 is 45.4 Å². The summed E-state index contributed by atoms with van der Waals surface area (Å²) in [5.74, 6) is 0.510. The summed E-state index contributed by atoms with van der Waals surface area (Å²) in [5, 5.41) is 13.2. The predicted molar refractivity (Wildman–Crippen MR) is 133 cm³/mol. The van der Waals surface area contributed by atoms with E-state index < -0.39 is 10.8 Å². The van der Waals surface area contributed by atoms with Crippen LogP contribution >= 0.6 is 11.8 Å². The van der Waals surface area contributed by atoms with Gasteiger partial charge in [0.1, 0.15) is 17.3 Å². The van der Waals surface area contributed by atoms with E-state index in [1.807, 2.05) is 42.5 Å². The second-order valence-corrected chi connectivity index (χ2v) is 8.78. The van der Waals surface area contributed by atoms with Crippen LogP contribution in [0.15, 0.2) is 82.1 Å². The summed E-state index contributed by atoms with van der Waals surface area (Å²) in [7, 11) is 1.43. The summed E-state index contributed by atoms with van der Waals surface area (Å²) in [5.41, 5.74) is 0.958. The Morgan fingerprint density at radius 3 is 2.60 bits per heavy atom. The number of carbonyl (C=O) groups is 2. The van der Waals surface area contributed by atoms with Gasteiger partial charge in [0.2, 0.25) is 0 Å².